The third-order valence-electron chi connectivity index (χ3n) is 6.31. The molecule has 3 aromatic rings. The Hall–Kier alpha value is -4.48. The van der Waals surface area contributed by atoms with Crippen molar-refractivity contribution in [3.63, 3.8) is 0 Å². The van der Waals surface area contributed by atoms with Gasteiger partial charge in [-0.1, -0.05) is 28.1 Å². The lowest BCUT2D eigenvalue weighted by Gasteiger charge is -2.50. The maximum Gasteiger partial charge on any atom is 0.347 e. The quantitative estimate of drug-likeness (QED) is 0.0952. The topological polar surface area (TPSA) is 220 Å². The van der Waals surface area contributed by atoms with Crippen molar-refractivity contribution >= 4 is 69.3 Å². The van der Waals surface area contributed by atoms with Crippen molar-refractivity contribution in [2.75, 3.05) is 11.5 Å². The number of thiazole rings is 1. The highest BCUT2D eigenvalue weighted by Crippen LogP contribution is 2.40. The Balaban J connectivity index is 1.34. The molecule has 2 aliphatic heterocycles. The molecule has 0 bridgehead atoms. The number of H-pyrrole nitrogens is 1. The van der Waals surface area contributed by atoms with Crippen LogP contribution in [0.4, 0.5) is 5.13 Å². The van der Waals surface area contributed by atoms with Gasteiger partial charge in [-0.15, -0.1) is 11.8 Å². The highest BCUT2D eigenvalue weighted by molar-refractivity contribution is 8.00. The van der Waals surface area contributed by atoms with E-state index in [1.54, 1.807) is 29.4 Å². The second-order valence-corrected chi connectivity index (χ2v) is 11.8. The molecule has 2 unspecified atom stereocenters. The number of halogens is 1. The first kappa shape index (κ1) is 29.0. The molecule has 15 nitrogen and oxygen atoms in total. The van der Waals surface area contributed by atoms with Crippen molar-refractivity contribution in [2.24, 2.45) is 5.16 Å². The fraction of sp³-hybridized carbons (Fsp3) is 0.250. The summed E-state index contributed by atoms with van der Waals surface area (Å²) in [6.45, 7) is 1.39. The van der Waals surface area contributed by atoms with E-state index in [1.165, 1.54) is 18.7 Å². The normalized spacial score (nSPS) is 19.1. The number of anilines is 1. The highest BCUT2D eigenvalue weighted by Gasteiger charge is 2.53. The molecule has 42 heavy (non-hydrogen) atoms. The first-order chi connectivity index (χ1) is 20.0. The molecule has 2 amide bonds. The van der Waals surface area contributed by atoms with Crippen molar-refractivity contribution in [1.29, 1.82) is 0 Å². The average molecular weight is 633 g/mol. The van der Waals surface area contributed by atoms with Crippen molar-refractivity contribution in [2.45, 2.75) is 31.0 Å². The van der Waals surface area contributed by atoms with E-state index in [0.717, 1.165) is 27.4 Å². The fourth-order valence-corrected chi connectivity index (χ4v) is 6.48. The van der Waals surface area contributed by atoms with E-state index in [2.05, 4.69) is 25.7 Å². The third kappa shape index (κ3) is 5.65. The molecule has 218 valence electrons. The summed E-state index contributed by atoms with van der Waals surface area (Å²) < 4.78 is 1.76. The molecule has 2 aliphatic rings. The summed E-state index contributed by atoms with van der Waals surface area (Å²) in [7, 11) is 0. The van der Waals surface area contributed by atoms with Gasteiger partial charge >= 0.3 is 5.97 Å². The highest BCUT2D eigenvalue weighted by atomic mass is 35.5. The lowest BCUT2D eigenvalue weighted by Crippen LogP contribution is -2.71. The number of hydrogen-bond acceptors (Lipinski definition) is 12. The summed E-state index contributed by atoms with van der Waals surface area (Å²) in [5.41, 5.74) is 7.01. The molecule has 1 saturated heterocycles. The van der Waals surface area contributed by atoms with Gasteiger partial charge in [0.1, 0.15) is 21.4 Å². The molecule has 0 aromatic carbocycles. The van der Waals surface area contributed by atoms with E-state index in [9.17, 15) is 24.3 Å². The molecule has 3 aromatic heterocycles. The second-order valence-electron chi connectivity index (χ2n) is 9.05. The Morgan fingerprint density at radius 2 is 2.12 bits per heavy atom. The number of oxime groups is 1. The van der Waals surface area contributed by atoms with Crippen LogP contribution in [0.3, 0.4) is 0 Å². The second kappa shape index (κ2) is 11.8. The van der Waals surface area contributed by atoms with E-state index in [4.69, 9.17) is 27.3 Å². The van der Waals surface area contributed by atoms with E-state index < -0.39 is 47.0 Å². The Morgan fingerprint density at radius 1 is 1.38 bits per heavy atom. The number of nitrogens with two attached hydrogens (primary N) is 1. The van der Waals surface area contributed by atoms with Crippen LogP contribution < -0.4 is 20.7 Å². The van der Waals surface area contributed by atoms with Gasteiger partial charge in [0.2, 0.25) is 6.10 Å². The number of carbonyl (C=O) groups excluding carboxylic acids is 3. The number of aliphatic carboxylic acids is 2. The fourth-order valence-electron chi connectivity index (χ4n) is 4.22. The maximum absolute atomic E-state index is 13.2. The molecular weight excluding hydrogens is 612 g/mol. The summed E-state index contributed by atoms with van der Waals surface area (Å²) in [6.07, 6.45) is 5.58. The predicted octanol–water partition coefficient (Wildman–Crippen LogP) is -0.646. The summed E-state index contributed by atoms with van der Waals surface area (Å²) in [5, 5.41) is 33.3. The number of hydrogen-bond donors (Lipinski definition) is 4. The lowest BCUT2D eigenvalue weighted by atomic mass is 10.0. The zero-order valence-corrected chi connectivity index (χ0v) is 23.9. The number of thioether (sulfide) groups is 1. The molecule has 5 rings (SSSR count). The van der Waals surface area contributed by atoms with Crippen LogP contribution in [0.1, 0.15) is 12.6 Å². The van der Waals surface area contributed by atoms with Crippen molar-refractivity contribution in [1.82, 2.24) is 25.4 Å². The number of carboxylic acid groups (broad SMARTS) is 2. The largest absolute Gasteiger partial charge is 0.543 e. The number of carbonyl (C=O) groups is 4. The Morgan fingerprint density at radius 3 is 2.71 bits per heavy atom. The first-order valence-corrected chi connectivity index (χ1v) is 14.4. The van der Waals surface area contributed by atoms with Gasteiger partial charge in [0.15, 0.2) is 29.8 Å². The average Bonchev–Trinajstić information content (AvgIpc) is 3.61. The zero-order chi connectivity index (χ0) is 30.1. The number of aromatic nitrogens is 4. The van der Waals surface area contributed by atoms with Crippen molar-refractivity contribution in [3.05, 3.63) is 58.2 Å². The first-order valence-electron chi connectivity index (χ1n) is 12.1. The molecule has 0 saturated carbocycles. The lowest BCUT2D eigenvalue weighted by molar-refractivity contribution is -0.689. The number of rotatable bonds is 10. The van der Waals surface area contributed by atoms with E-state index >= 15 is 0 Å². The van der Waals surface area contributed by atoms with Gasteiger partial charge in [-0.05, 0) is 12.5 Å². The SMILES string of the molecule is C[C@H](O/N=C(\C(=O)NC1C(=O)N2C(C(=O)[O-])=C(C[n+]3ccc(-c4cn[nH]c4)cc3)CSC12)c1nc(N)sc1Cl)C(=O)O. The molecule has 5 heterocycles. The van der Waals surface area contributed by atoms with Gasteiger partial charge in [-0.3, -0.25) is 19.6 Å². The van der Waals surface area contributed by atoms with Gasteiger partial charge in [0.05, 0.1) is 17.9 Å². The number of amides is 2. The van der Waals surface area contributed by atoms with Gasteiger partial charge in [-0.25, -0.2) is 14.3 Å². The number of nitrogens with one attached hydrogen (secondary N) is 2. The zero-order valence-electron chi connectivity index (χ0n) is 21.5. The van der Waals surface area contributed by atoms with E-state index in [-0.39, 0.29) is 33.2 Å². The number of β-lactam (4-membered cyclic amide) rings is 1. The summed E-state index contributed by atoms with van der Waals surface area (Å²) in [6, 6.07) is 2.58. The number of fused-ring (bicyclic) bond motifs is 1. The van der Waals surface area contributed by atoms with E-state index in [0.29, 0.717) is 5.57 Å². The minimum absolute atomic E-state index is 0.0105. The van der Waals surface area contributed by atoms with Crippen molar-refractivity contribution < 1.29 is 38.8 Å². The van der Waals surface area contributed by atoms with Crippen LogP contribution in [0.15, 0.2) is 53.3 Å². The van der Waals surface area contributed by atoms with Crippen LogP contribution in [0.2, 0.25) is 4.34 Å². The van der Waals surface area contributed by atoms with Crippen LogP contribution in [-0.4, -0.2) is 77.9 Å². The molecule has 0 radical (unpaired) electrons. The van der Waals surface area contributed by atoms with Gasteiger partial charge in [-0.2, -0.15) is 5.10 Å². The van der Waals surface area contributed by atoms with Crippen LogP contribution in [0.25, 0.3) is 11.1 Å². The summed E-state index contributed by atoms with van der Waals surface area (Å²) >= 11 is 8.25. The Kier molecular flexibility index (Phi) is 8.15. The third-order valence-corrected chi connectivity index (χ3v) is 8.74. The number of aromatic amines is 1. The number of carboxylic acids is 2. The molecule has 3 atom stereocenters. The molecule has 1 fully saturated rings. The Bertz CT molecular complexity index is 1620. The van der Waals surface area contributed by atoms with E-state index in [1.807, 2.05) is 12.1 Å². The molecular formula is C24H21ClN8O7S2. The minimum Gasteiger partial charge on any atom is -0.543 e. The van der Waals surface area contributed by atoms with Crippen molar-refractivity contribution in [3.8, 4) is 11.1 Å². The van der Waals surface area contributed by atoms with Crippen LogP contribution >= 0.6 is 34.7 Å². The van der Waals surface area contributed by atoms with Crippen LogP contribution in [-0.2, 0) is 30.6 Å². The predicted molar refractivity (Wildman–Crippen MR) is 148 cm³/mol. The van der Waals surface area contributed by atoms with Gasteiger partial charge in [0, 0.05) is 35.2 Å². The molecule has 5 N–H and O–H groups in total. The number of pyridine rings is 1. The number of nitrogens with zero attached hydrogens (tertiary/aromatic N) is 5. The molecule has 0 spiro atoms. The monoisotopic (exact) mass is 632 g/mol. The summed E-state index contributed by atoms with van der Waals surface area (Å²) in [5.74, 6) is -4.24. The molecule has 18 heteroatoms. The van der Waals surface area contributed by atoms with Gasteiger partial charge in [0.25, 0.3) is 11.8 Å². The maximum atomic E-state index is 13.2. The minimum atomic E-state index is -1.52. The number of nitrogen functional groups attached to an aromatic ring is 1. The molecule has 0 aliphatic carbocycles. The smallest absolute Gasteiger partial charge is 0.347 e. The standard InChI is InChI=1S/C24H21ClN8O7S2/c1-10(22(36)37)40-31-15(14-18(25)42-24(26)30-14)19(34)29-16-20(35)33-17(23(38)39)13(9-41-21(16)33)8-32-4-2-11(3-5-32)12-6-27-28-7-12/h2-7,10,16,21H,8-9H2,1H3,(H5,26,29,30,34,36,37,38,39)/b31-15-/t10-,16?,21?/m0/s1. The van der Waals surface area contributed by atoms with Crippen LogP contribution in [0, 0.1) is 0 Å². The summed E-state index contributed by atoms with van der Waals surface area (Å²) in [4.78, 5) is 59.6. The van der Waals surface area contributed by atoms with Gasteiger partial charge < -0.3 is 30.9 Å². The Labute approximate surface area is 250 Å². The van der Waals surface area contributed by atoms with Crippen LogP contribution in [0.5, 0.6) is 0 Å².